The van der Waals surface area contributed by atoms with Crippen LogP contribution in [0.2, 0.25) is 0 Å². The van der Waals surface area contributed by atoms with E-state index < -0.39 is 0 Å². The highest BCUT2D eigenvalue weighted by atomic mass is 32.1. The molecule has 3 heteroatoms. The lowest BCUT2D eigenvalue weighted by Gasteiger charge is -2.34. The quantitative estimate of drug-likeness (QED) is 0.822. The minimum atomic E-state index is 0.243. The van der Waals surface area contributed by atoms with Crippen molar-refractivity contribution in [2.45, 2.75) is 64.6 Å². The zero-order valence-corrected chi connectivity index (χ0v) is 16.2. The first-order valence-electron chi connectivity index (χ1n) is 9.06. The van der Waals surface area contributed by atoms with Crippen molar-refractivity contribution < 1.29 is 0 Å². The largest absolute Gasteiger partial charge is 0.309 e. The molecule has 3 rings (SSSR count). The summed E-state index contributed by atoms with van der Waals surface area (Å²) >= 11 is 1.95. The molecule has 0 saturated carbocycles. The summed E-state index contributed by atoms with van der Waals surface area (Å²) in [5, 5.41) is 7.54. The first-order valence-corrected chi connectivity index (χ1v) is 9.88. The van der Waals surface area contributed by atoms with Crippen molar-refractivity contribution in [2.24, 2.45) is 0 Å². The second-order valence-electron chi connectivity index (χ2n) is 7.91. The van der Waals surface area contributed by atoms with Gasteiger partial charge in [-0.1, -0.05) is 51.1 Å². The first-order chi connectivity index (χ1) is 11.4. The van der Waals surface area contributed by atoms with Gasteiger partial charge in [0.15, 0.2) is 0 Å². The molecule has 2 N–H and O–H groups in total. The van der Waals surface area contributed by atoms with Crippen molar-refractivity contribution in [1.82, 2.24) is 10.6 Å². The highest BCUT2D eigenvalue weighted by molar-refractivity contribution is 7.12. The number of aryl methyl sites for hydroxylation is 1. The molecule has 1 saturated heterocycles. The van der Waals surface area contributed by atoms with Gasteiger partial charge in [-0.05, 0) is 48.9 Å². The van der Waals surface area contributed by atoms with Crippen LogP contribution in [0.1, 0.15) is 60.5 Å². The number of hydrogen-bond acceptors (Lipinski definition) is 3. The summed E-state index contributed by atoms with van der Waals surface area (Å²) in [6, 6.07) is 14.2. The molecule has 1 fully saturated rings. The van der Waals surface area contributed by atoms with Gasteiger partial charge in [0.1, 0.15) is 0 Å². The Bertz CT molecular complexity index is 654. The summed E-state index contributed by atoms with van der Waals surface area (Å²) in [7, 11) is 0. The van der Waals surface area contributed by atoms with E-state index in [1.807, 2.05) is 11.3 Å². The second-order valence-corrected chi connectivity index (χ2v) is 9.17. The number of piperidine rings is 1. The topological polar surface area (TPSA) is 24.1 Å². The lowest BCUT2D eigenvalue weighted by atomic mass is 9.92. The van der Waals surface area contributed by atoms with Gasteiger partial charge in [0.2, 0.25) is 0 Å². The minimum Gasteiger partial charge on any atom is -0.309 e. The fraction of sp³-hybridized carbons (Fsp3) is 0.524. The standard InChI is InChI=1S/C21H30N2S/c1-15-17(13-19(24-15)21(2,3)4)14-23-18-11-8-12-22-20(18)16-9-6-5-7-10-16/h5-7,9-10,13,18,20,22-23H,8,11-12,14H2,1-4H3/t18-,20-/m0/s1. The van der Waals surface area contributed by atoms with Crippen LogP contribution in [0, 0.1) is 6.92 Å². The molecule has 1 aliphatic rings. The SMILES string of the molecule is Cc1sc(C(C)(C)C)cc1CN[C@H]1CCCN[C@H]1c1ccccc1. The van der Waals surface area contributed by atoms with E-state index in [-0.39, 0.29) is 5.41 Å². The van der Waals surface area contributed by atoms with E-state index in [4.69, 9.17) is 0 Å². The molecular formula is C21H30N2S. The van der Waals surface area contributed by atoms with E-state index in [9.17, 15) is 0 Å². The average Bonchev–Trinajstić information content (AvgIpc) is 2.95. The van der Waals surface area contributed by atoms with Crippen molar-refractivity contribution in [3.63, 3.8) is 0 Å². The van der Waals surface area contributed by atoms with E-state index in [2.05, 4.69) is 74.7 Å². The molecule has 0 amide bonds. The Morgan fingerprint density at radius 2 is 1.96 bits per heavy atom. The number of thiophene rings is 1. The van der Waals surface area contributed by atoms with Gasteiger partial charge in [-0.25, -0.2) is 0 Å². The van der Waals surface area contributed by atoms with E-state index in [0.717, 1.165) is 13.1 Å². The van der Waals surface area contributed by atoms with Crippen LogP contribution in [-0.2, 0) is 12.0 Å². The highest BCUT2D eigenvalue weighted by Crippen LogP contribution is 2.32. The summed E-state index contributed by atoms with van der Waals surface area (Å²) in [5.74, 6) is 0. The zero-order valence-electron chi connectivity index (χ0n) is 15.4. The Morgan fingerprint density at radius 1 is 1.21 bits per heavy atom. The molecule has 2 atom stereocenters. The summed E-state index contributed by atoms with van der Waals surface area (Å²) < 4.78 is 0. The summed E-state index contributed by atoms with van der Waals surface area (Å²) in [6.07, 6.45) is 2.48. The van der Waals surface area contributed by atoms with E-state index in [1.165, 1.54) is 33.7 Å². The maximum absolute atomic E-state index is 3.84. The van der Waals surface area contributed by atoms with Gasteiger partial charge >= 0.3 is 0 Å². The van der Waals surface area contributed by atoms with Crippen LogP contribution in [0.3, 0.4) is 0 Å². The molecule has 130 valence electrons. The third kappa shape index (κ3) is 4.08. The Hall–Kier alpha value is -1.16. The number of hydrogen-bond donors (Lipinski definition) is 2. The van der Waals surface area contributed by atoms with Crippen molar-refractivity contribution in [2.75, 3.05) is 6.54 Å². The third-order valence-electron chi connectivity index (χ3n) is 4.93. The Balaban J connectivity index is 1.70. The van der Waals surface area contributed by atoms with Crippen molar-refractivity contribution in [1.29, 1.82) is 0 Å². The van der Waals surface area contributed by atoms with Gasteiger partial charge in [0.05, 0.1) is 0 Å². The van der Waals surface area contributed by atoms with Crippen molar-refractivity contribution in [3.05, 3.63) is 57.3 Å². The Labute approximate surface area is 150 Å². The fourth-order valence-electron chi connectivity index (χ4n) is 3.42. The molecule has 24 heavy (non-hydrogen) atoms. The second kappa shape index (κ2) is 7.38. The third-order valence-corrected chi connectivity index (χ3v) is 6.45. The normalized spacial score (nSPS) is 21.8. The molecule has 0 aliphatic carbocycles. The van der Waals surface area contributed by atoms with Gasteiger partial charge < -0.3 is 10.6 Å². The van der Waals surface area contributed by atoms with E-state index in [1.54, 1.807) is 0 Å². The first kappa shape index (κ1) is 17.7. The van der Waals surface area contributed by atoms with E-state index in [0.29, 0.717) is 12.1 Å². The molecule has 2 aromatic rings. The molecule has 2 nitrogen and oxygen atoms in total. The zero-order chi connectivity index (χ0) is 17.2. The molecular weight excluding hydrogens is 312 g/mol. The lowest BCUT2D eigenvalue weighted by Crippen LogP contribution is -2.45. The van der Waals surface area contributed by atoms with Crippen LogP contribution in [0.4, 0.5) is 0 Å². The molecule has 0 radical (unpaired) electrons. The Kier molecular flexibility index (Phi) is 5.43. The average molecular weight is 343 g/mol. The van der Waals surface area contributed by atoms with Crippen molar-refractivity contribution >= 4 is 11.3 Å². The van der Waals surface area contributed by atoms with E-state index >= 15 is 0 Å². The highest BCUT2D eigenvalue weighted by Gasteiger charge is 2.26. The van der Waals surface area contributed by atoms with Crippen LogP contribution in [0.15, 0.2) is 36.4 Å². The van der Waals surface area contributed by atoms with Gasteiger partial charge in [-0.3, -0.25) is 0 Å². The number of nitrogens with one attached hydrogen (secondary N) is 2. The summed E-state index contributed by atoms with van der Waals surface area (Å²) in [5.41, 5.74) is 3.10. The Morgan fingerprint density at radius 3 is 2.62 bits per heavy atom. The fourth-order valence-corrected chi connectivity index (χ4v) is 4.52. The summed E-state index contributed by atoms with van der Waals surface area (Å²) in [4.78, 5) is 2.94. The van der Waals surface area contributed by atoms with Crippen LogP contribution < -0.4 is 10.6 Å². The maximum atomic E-state index is 3.84. The molecule has 1 aliphatic heterocycles. The predicted molar refractivity (Wildman–Crippen MR) is 105 cm³/mol. The number of rotatable bonds is 4. The smallest absolute Gasteiger partial charge is 0.0476 e. The molecule has 1 aromatic heterocycles. The number of benzene rings is 1. The van der Waals surface area contributed by atoms with Crippen LogP contribution in [0.5, 0.6) is 0 Å². The lowest BCUT2D eigenvalue weighted by molar-refractivity contribution is 0.304. The van der Waals surface area contributed by atoms with Gasteiger partial charge in [-0.2, -0.15) is 0 Å². The molecule has 1 aromatic carbocycles. The monoisotopic (exact) mass is 342 g/mol. The van der Waals surface area contributed by atoms with Crippen LogP contribution >= 0.6 is 11.3 Å². The molecule has 0 spiro atoms. The maximum Gasteiger partial charge on any atom is 0.0476 e. The van der Waals surface area contributed by atoms with Gasteiger partial charge in [0.25, 0.3) is 0 Å². The van der Waals surface area contributed by atoms with Crippen LogP contribution in [-0.4, -0.2) is 12.6 Å². The van der Waals surface area contributed by atoms with Crippen molar-refractivity contribution in [3.8, 4) is 0 Å². The minimum absolute atomic E-state index is 0.243. The predicted octanol–water partition coefficient (Wildman–Crippen LogP) is 4.94. The van der Waals surface area contributed by atoms with Gasteiger partial charge in [-0.15, -0.1) is 11.3 Å². The molecule has 2 heterocycles. The molecule has 0 bridgehead atoms. The molecule has 0 unspecified atom stereocenters. The van der Waals surface area contributed by atoms with Gasteiger partial charge in [0, 0.05) is 28.4 Å². The summed E-state index contributed by atoms with van der Waals surface area (Å²) in [6.45, 7) is 11.2. The van der Waals surface area contributed by atoms with Crippen LogP contribution in [0.25, 0.3) is 0 Å².